The third-order valence-corrected chi connectivity index (χ3v) is 6.08. The topological polar surface area (TPSA) is 40.1 Å². The number of hydrogen-bond acceptors (Lipinski definition) is 3. The van der Waals surface area contributed by atoms with E-state index in [9.17, 15) is 0 Å². The smallest absolute Gasteiger partial charge is 0.193 e. The van der Waals surface area contributed by atoms with Crippen LogP contribution >= 0.6 is 35.6 Å². The summed E-state index contributed by atoms with van der Waals surface area (Å²) in [6, 6.07) is 7.99. The zero-order valence-electron chi connectivity index (χ0n) is 16.4. The van der Waals surface area contributed by atoms with Gasteiger partial charge in [0.15, 0.2) is 5.96 Å². The molecule has 2 saturated heterocycles. The molecule has 1 aromatic carbocycles. The second kappa shape index (κ2) is 10.8. The molecule has 0 radical (unpaired) electrons. The summed E-state index contributed by atoms with van der Waals surface area (Å²) in [6.07, 6.45) is 4.80. The summed E-state index contributed by atoms with van der Waals surface area (Å²) in [5, 5.41) is 4.43. The normalized spacial score (nSPS) is 20.2. The molecule has 2 fully saturated rings. The van der Waals surface area contributed by atoms with E-state index in [0.29, 0.717) is 0 Å². The molecule has 2 aliphatic rings. The minimum Gasteiger partial charge on any atom is -0.381 e. The van der Waals surface area contributed by atoms with Crippen molar-refractivity contribution in [2.45, 2.75) is 37.8 Å². The van der Waals surface area contributed by atoms with Gasteiger partial charge in [0.25, 0.3) is 0 Å². The lowest BCUT2D eigenvalue weighted by Crippen LogP contribution is -2.58. The molecule has 0 unspecified atom stereocenters. The maximum Gasteiger partial charge on any atom is 0.193 e. The Morgan fingerprint density at radius 3 is 2.56 bits per heavy atom. The predicted octanol–water partition coefficient (Wildman–Crippen LogP) is 3.61. The summed E-state index contributed by atoms with van der Waals surface area (Å²) in [6.45, 7) is 5.76. The maximum atomic E-state index is 6.32. The van der Waals surface area contributed by atoms with Gasteiger partial charge in [0, 0.05) is 51.0 Å². The number of benzene rings is 1. The molecule has 2 aliphatic heterocycles. The highest BCUT2D eigenvalue weighted by molar-refractivity contribution is 14.0. The predicted molar refractivity (Wildman–Crippen MR) is 123 cm³/mol. The molecule has 1 aromatic rings. The van der Waals surface area contributed by atoms with Gasteiger partial charge in [0.1, 0.15) is 0 Å². The van der Waals surface area contributed by atoms with Crippen molar-refractivity contribution in [2.75, 3.05) is 46.9 Å². The minimum atomic E-state index is 0. The van der Waals surface area contributed by atoms with E-state index in [4.69, 9.17) is 16.3 Å². The fourth-order valence-electron chi connectivity index (χ4n) is 4.13. The molecule has 152 valence electrons. The van der Waals surface area contributed by atoms with Crippen molar-refractivity contribution in [1.29, 1.82) is 0 Å². The van der Waals surface area contributed by atoms with E-state index in [-0.39, 0.29) is 29.5 Å². The van der Waals surface area contributed by atoms with Crippen LogP contribution in [0.1, 0.15) is 31.2 Å². The molecule has 0 saturated carbocycles. The lowest BCUT2D eigenvalue weighted by Gasteiger charge is -2.45. The Morgan fingerprint density at radius 1 is 1.26 bits per heavy atom. The first-order chi connectivity index (χ1) is 12.6. The monoisotopic (exact) mass is 506 g/mol. The van der Waals surface area contributed by atoms with Crippen molar-refractivity contribution in [3.8, 4) is 0 Å². The number of halogens is 2. The summed E-state index contributed by atoms with van der Waals surface area (Å²) in [5.74, 6) is 0.912. The number of guanidine groups is 1. The van der Waals surface area contributed by atoms with Crippen LogP contribution in [0.5, 0.6) is 0 Å². The van der Waals surface area contributed by atoms with Crippen molar-refractivity contribution >= 4 is 41.5 Å². The summed E-state index contributed by atoms with van der Waals surface area (Å²) < 4.78 is 5.65. The van der Waals surface area contributed by atoms with Crippen LogP contribution in [-0.4, -0.2) is 68.2 Å². The first kappa shape index (κ1) is 22.7. The maximum absolute atomic E-state index is 6.32. The molecule has 0 spiro atoms. The highest BCUT2D eigenvalue weighted by Crippen LogP contribution is 2.30. The Kier molecular flexibility index (Phi) is 9.11. The van der Waals surface area contributed by atoms with Gasteiger partial charge >= 0.3 is 0 Å². The van der Waals surface area contributed by atoms with Crippen LogP contribution in [-0.2, 0) is 11.3 Å². The molecule has 2 heterocycles. The average Bonchev–Trinajstić information content (AvgIpc) is 3.20. The minimum absolute atomic E-state index is 0. The largest absolute Gasteiger partial charge is 0.381 e. The zero-order chi connectivity index (χ0) is 18.4. The van der Waals surface area contributed by atoms with Gasteiger partial charge in [0.2, 0.25) is 0 Å². The summed E-state index contributed by atoms with van der Waals surface area (Å²) in [7, 11) is 3.91. The fraction of sp³-hybridized carbons (Fsp3) is 0.650. The number of ether oxygens (including phenoxy) is 1. The molecule has 0 atom stereocenters. The van der Waals surface area contributed by atoms with Crippen LogP contribution in [0.25, 0.3) is 0 Å². The number of nitrogens with zero attached hydrogens (tertiary/aromatic N) is 3. The molecular weight excluding hydrogens is 475 g/mol. The first-order valence-corrected chi connectivity index (χ1v) is 10.0. The third kappa shape index (κ3) is 5.71. The molecule has 3 rings (SSSR count). The van der Waals surface area contributed by atoms with Crippen LogP contribution in [0.3, 0.4) is 0 Å². The van der Waals surface area contributed by atoms with Gasteiger partial charge in [-0.3, -0.25) is 9.89 Å². The number of rotatable bonds is 5. The van der Waals surface area contributed by atoms with Gasteiger partial charge < -0.3 is 15.0 Å². The molecular formula is C20H32ClIN4O. The van der Waals surface area contributed by atoms with Crippen LogP contribution in [0.4, 0.5) is 0 Å². The van der Waals surface area contributed by atoms with Crippen molar-refractivity contribution in [1.82, 2.24) is 15.1 Å². The third-order valence-electron chi connectivity index (χ3n) is 5.71. The van der Waals surface area contributed by atoms with E-state index < -0.39 is 0 Å². The van der Waals surface area contributed by atoms with Crippen molar-refractivity contribution in [3.63, 3.8) is 0 Å². The Morgan fingerprint density at radius 2 is 1.93 bits per heavy atom. The SMILES string of the molecule is CN=C(NCC1(N2CCCC2)CCOCC1)N(C)Cc1ccccc1Cl.I. The molecule has 27 heavy (non-hydrogen) atoms. The molecule has 5 nitrogen and oxygen atoms in total. The zero-order valence-corrected chi connectivity index (χ0v) is 19.5. The van der Waals surface area contributed by atoms with Gasteiger partial charge in [-0.2, -0.15) is 0 Å². The number of nitrogens with one attached hydrogen (secondary N) is 1. The molecule has 7 heteroatoms. The number of aliphatic imine (C=N–C) groups is 1. The molecule has 0 aromatic heterocycles. The van der Waals surface area contributed by atoms with Crippen LogP contribution < -0.4 is 5.32 Å². The van der Waals surface area contributed by atoms with E-state index in [1.807, 2.05) is 25.2 Å². The van der Waals surface area contributed by atoms with E-state index in [0.717, 1.165) is 55.7 Å². The quantitative estimate of drug-likeness (QED) is 0.376. The second-order valence-electron chi connectivity index (χ2n) is 7.38. The lowest BCUT2D eigenvalue weighted by molar-refractivity contribution is -0.0166. The Bertz CT molecular complexity index is 616. The molecule has 0 bridgehead atoms. The summed E-state index contributed by atoms with van der Waals surface area (Å²) >= 11 is 6.32. The summed E-state index contributed by atoms with van der Waals surface area (Å²) in [5.41, 5.74) is 1.30. The fourth-order valence-corrected chi connectivity index (χ4v) is 4.33. The standard InChI is InChI=1S/C20H31ClN4O.HI/c1-22-19(24(2)15-17-7-3-4-8-18(17)21)23-16-20(9-13-26-14-10-20)25-11-5-6-12-25;/h3-4,7-8H,5-6,9-16H2,1-2H3,(H,22,23);1H. The lowest BCUT2D eigenvalue weighted by atomic mass is 9.88. The molecule has 0 amide bonds. The number of likely N-dealkylation sites (tertiary alicyclic amines) is 1. The van der Waals surface area contributed by atoms with E-state index >= 15 is 0 Å². The molecule has 1 N–H and O–H groups in total. The van der Waals surface area contributed by atoms with E-state index in [1.54, 1.807) is 0 Å². The number of hydrogen-bond donors (Lipinski definition) is 1. The summed E-state index contributed by atoms with van der Waals surface area (Å²) in [4.78, 5) is 9.30. The van der Waals surface area contributed by atoms with Crippen molar-refractivity contribution < 1.29 is 4.74 Å². The highest BCUT2D eigenvalue weighted by atomic mass is 127. The van der Waals surface area contributed by atoms with Crippen LogP contribution in [0.2, 0.25) is 5.02 Å². The van der Waals surface area contributed by atoms with Gasteiger partial charge in [-0.15, -0.1) is 24.0 Å². The van der Waals surface area contributed by atoms with Crippen molar-refractivity contribution in [2.24, 2.45) is 4.99 Å². The van der Waals surface area contributed by atoms with Gasteiger partial charge in [-0.05, 0) is 50.4 Å². The first-order valence-electron chi connectivity index (χ1n) is 9.63. The molecule has 0 aliphatic carbocycles. The van der Waals surface area contributed by atoms with Crippen molar-refractivity contribution in [3.05, 3.63) is 34.9 Å². The highest BCUT2D eigenvalue weighted by Gasteiger charge is 2.39. The van der Waals surface area contributed by atoms with E-state index in [1.165, 1.54) is 25.9 Å². The average molecular weight is 507 g/mol. The van der Waals surface area contributed by atoms with Gasteiger partial charge in [0.05, 0.1) is 0 Å². The van der Waals surface area contributed by atoms with Gasteiger partial charge in [-0.1, -0.05) is 29.8 Å². The van der Waals surface area contributed by atoms with Crippen LogP contribution in [0.15, 0.2) is 29.3 Å². The van der Waals surface area contributed by atoms with E-state index in [2.05, 4.69) is 33.2 Å². The second-order valence-corrected chi connectivity index (χ2v) is 7.79. The Balaban J connectivity index is 0.00000261. The van der Waals surface area contributed by atoms with Gasteiger partial charge in [-0.25, -0.2) is 0 Å². The Labute approximate surface area is 185 Å². The Hall–Kier alpha value is -0.570. The van der Waals surface area contributed by atoms with Crippen LogP contribution in [0, 0.1) is 0 Å².